The Kier molecular flexibility index (Phi) is 4.66. The number of hydrogen-bond acceptors (Lipinski definition) is 2. The quantitative estimate of drug-likeness (QED) is 0.906. The maximum atomic E-state index is 10.8. The molecule has 2 aliphatic rings. The van der Waals surface area contributed by atoms with Crippen LogP contribution in [-0.4, -0.2) is 34.7 Å². The second kappa shape index (κ2) is 6.50. The molecule has 2 saturated heterocycles. The summed E-state index contributed by atoms with van der Waals surface area (Å²) in [5.41, 5.74) is 1.11. The second-order valence-corrected chi connectivity index (χ2v) is 7.12. The van der Waals surface area contributed by atoms with Gasteiger partial charge in [0.25, 0.3) is 0 Å². The van der Waals surface area contributed by atoms with E-state index in [4.69, 9.17) is 0 Å². The number of unbranched alkanes of at least 4 members (excludes halogenated alkanes) is 1. The average molecular weight is 287 g/mol. The number of hydrogen-bond donors (Lipinski definition) is 1. The molecule has 0 aliphatic carbocycles. The van der Waals surface area contributed by atoms with Gasteiger partial charge in [-0.3, -0.25) is 4.90 Å². The number of piperidine rings is 2. The van der Waals surface area contributed by atoms with Crippen LogP contribution in [0.15, 0.2) is 30.3 Å². The van der Waals surface area contributed by atoms with E-state index in [2.05, 4.69) is 42.2 Å². The number of benzene rings is 1. The first-order chi connectivity index (χ1) is 10.2. The third-order valence-electron chi connectivity index (χ3n) is 5.57. The number of fused-ring (bicyclic) bond motifs is 1. The van der Waals surface area contributed by atoms with Gasteiger partial charge in [0, 0.05) is 19.1 Å². The third-order valence-corrected chi connectivity index (χ3v) is 5.57. The topological polar surface area (TPSA) is 23.5 Å². The first-order valence-electron chi connectivity index (χ1n) is 8.71. The van der Waals surface area contributed by atoms with Gasteiger partial charge in [-0.1, -0.05) is 50.1 Å². The Morgan fingerprint density at radius 3 is 2.81 bits per heavy atom. The van der Waals surface area contributed by atoms with E-state index in [1.54, 1.807) is 0 Å². The molecule has 0 saturated carbocycles. The molecule has 116 valence electrons. The summed E-state index contributed by atoms with van der Waals surface area (Å²) in [5, 5.41) is 10.8. The molecule has 0 radical (unpaired) electrons. The monoisotopic (exact) mass is 287 g/mol. The molecule has 2 heterocycles. The fraction of sp³-hybridized carbons (Fsp3) is 0.684. The molecule has 0 spiro atoms. The molecule has 2 aliphatic heterocycles. The predicted molar refractivity (Wildman–Crippen MR) is 87.5 cm³/mol. The van der Waals surface area contributed by atoms with Gasteiger partial charge in [-0.05, 0) is 43.6 Å². The highest BCUT2D eigenvalue weighted by molar-refractivity contribution is 5.21. The van der Waals surface area contributed by atoms with E-state index in [9.17, 15) is 5.11 Å². The van der Waals surface area contributed by atoms with Crippen molar-refractivity contribution in [2.75, 3.05) is 13.1 Å². The highest BCUT2D eigenvalue weighted by Gasteiger charge is 2.40. The van der Waals surface area contributed by atoms with E-state index in [0.717, 1.165) is 32.2 Å². The molecular weight excluding hydrogens is 258 g/mol. The summed E-state index contributed by atoms with van der Waals surface area (Å²) < 4.78 is 0. The third kappa shape index (κ3) is 3.49. The molecule has 0 bridgehead atoms. The van der Waals surface area contributed by atoms with Gasteiger partial charge in [-0.15, -0.1) is 0 Å². The Morgan fingerprint density at radius 1 is 1.24 bits per heavy atom. The fourth-order valence-corrected chi connectivity index (χ4v) is 4.23. The summed E-state index contributed by atoms with van der Waals surface area (Å²) in [6, 6.07) is 11.6. The van der Waals surface area contributed by atoms with Crippen LogP contribution in [0.3, 0.4) is 0 Å². The smallest absolute Gasteiger partial charge is 0.0674 e. The van der Waals surface area contributed by atoms with Crippen molar-refractivity contribution in [1.29, 1.82) is 0 Å². The Bertz CT molecular complexity index is 446. The summed E-state index contributed by atoms with van der Waals surface area (Å²) in [5.74, 6) is 0.685. The average Bonchev–Trinajstić information content (AvgIpc) is 2.53. The van der Waals surface area contributed by atoms with Crippen molar-refractivity contribution in [3.8, 4) is 0 Å². The van der Waals surface area contributed by atoms with Crippen LogP contribution < -0.4 is 0 Å². The Hall–Kier alpha value is -0.860. The molecule has 3 atom stereocenters. The van der Waals surface area contributed by atoms with Crippen molar-refractivity contribution in [2.45, 2.75) is 69.4 Å². The van der Waals surface area contributed by atoms with Crippen molar-refractivity contribution >= 4 is 0 Å². The van der Waals surface area contributed by atoms with Crippen LogP contribution in [0.5, 0.6) is 0 Å². The van der Waals surface area contributed by atoms with E-state index in [-0.39, 0.29) is 5.60 Å². The van der Waals surface area contributed by atoms with Gasteiger partial charge in [0.05, 0.1) is 5.60 Å². The van der Waals surface area contributed by atoms with Gasteiger partial charge < -0.3 is 5.11 Å². The van der Waals surface area contributed by atoms with Crippen LogP contribution in [0.1, 0.15) is 63.4 Å². The standard InChI is InChI=1S/C19H29NO/c1-2-3-11-19(21)12-13-20-15-17(9-10-18(20)14-19)16-7-5-4-6-8-16/h4-8,17-18,21H,2-3,9-15H2,1H3/t17-,18+,19-/m1/s1. The zero-order valence-corrected chi connectivity index (χ0v) is 13.3. The normalized spacial score (nSPS) is 33.6. The first kappa shape index (κ1) is 15.1. The van der Waals surface area contributed by atoms with Gasteiger partial charge in [0.2, 0.25) is 0 Å². The van der Waals surface area contributed by atoms with Crippen LogP contribution in [0, 0.1) is 0 Å². The predicted octanol–water partition coefficient (Wildman–Crippen LogP) is 3.95. The lowest BCUT2D eigenvalue weighted by atomic mass is 9.77. The van der Waals surface area contributed by atoms with Crippen LogP contribution in [-0.2, 0) is 0 Å². The van der Waals surface area contributed by atoms with Gasteiger partial charge in [0.15, 0.2) is 0 Å². The molecule has 0 amide bonds. The number of aliphatic hydroxyl groups is 1. The summed E-state index contributed by atoms with van der Waals surface area (Å²) >= 11 is 0. The molecule has 1 N–H and O–H groups in total. The lowest BCUT2D eigenvalue weighted by Gasteiger charge is -2.48. The van der Waals surface area contributed by atoms with E-state index >= 15 is 0 Å². The molecule has 21 heavy (non-hydrogen) atoms. The molecule has 2 heteroatoms. The lowest BCUT2D eigenvalue weighted by Crippen LogP contribution is -2.53. The second-order valence-electron chi connectivity index (χ2n) is 7.12. The van der Waals surface area contributed by atoms with Crippen LogP contribution in [0.2, 0.25) is 0 Å². The largest absolute Gasteiger partial charge is 0.390 e. The first-order valence-corrected chi connectivity index (χ1v) is 8.71. The molecule has 2 nitrogen and oxygen atoms in total. The molecule has 0 unspecified atom stereocenters. The van der Waals surface area contributed by atoms with Gasteiger partial charge >= 0.3 is 0 Å². The van der Waals surface area contributed by atoms with Gasteiger partial charge in [-0.2, -0.15) is 0 Å². The van der Waals surface area contributed by atoms with Crippen LogP contribution in [0.4, 0.5) is 0 Å². The minimum atomic E-state index is -0.378. The summed E-state index contributed by atoms with van der Waals surface area (Å²) in [6.07, 6.45) is 7.82. The summed E-state index contributed by atoms with van der Waals surface area (Å²) in [7, 11) is 0. The number of nitrogens with zero attached hydrogens (tertiary/aromatic N) is 1. The zero-order valence-electron chi connectivity index (χ0n) is 13.3. The molecule has 3 rings (SSSR count). The highest BCUT2D eigenvalue weighted by atomic mass is 16.3. The Labute approximate surface area is 129 Å². The molecule has 1 aromatic carbocycles. The molecule has 2 fully saturated rings. The van der Waals surface area contributed by atoms with Gasteiger partial charge in [-0.25, -0.2) is 0 Å². The van der Waals surface area contributed by atoms with Gasteiger partial charge in [0.1, 0.15) is 0 Å². The van der Waals surface area contributed by atoms with Crippen LogP contribution >= 0.6 is 0 Å². The fourth-order valence-electron chi connectivity index (χ4n) is 4.23. The van der Waals surface area contributed by atoms with Crippen molar-refractivity contribution < 1.29 is 5.11 Å². The Balaban J connectivity index is 1.60. The minimum absolute atomic E-state index is 0.378. The summed E-state index contributed by atoms with van der Waals surface area (Å²) in [4.78, 5) is 2.64. The highest BCUT2D eigenvalue weighted by Crippen LogP contribution is 2.39. The van der Waals surface area contributed by atoms with Crippen molar-refractivity contribution in [2.24, 2.45) is 0 Å². The zero-order chi connectivity index (χ0) is 14.7. The molecule has 0 aromatic heterocycles. The molecule has 1 aromatic rings. The minimum Gasteiger partial charge on any atom is -0.390 e. The van der Waals surface area contributed by atoms with E-state index in [1.807, 2.05) is 0 Å². The van der Waals surface area contributed by atoms with Crippen molar-refractivity contribution in [3.05, 3.63) is 35.9 Å². The Morgan fingerprint density at radius 2 is 2.05 bits per heavy atom. The van der Waals surface area contributed by atoms with Crippen molar-refractivity contribution in [3.63, 3.8) is 0 Å². The lowest BCUT2D eigenvalue weighted by molar-refractivity contribution is -0.0650. The SMILES string of the molecule is CCCC[C@@]1(O)CCN2C[C@H](c3ccccc3)CC[C@H]2C1. The number of rotatable bonds is 4. The molecular formula is C19H29NO. The maximum Gasteiger partial charge on any atom is 0.0674 e. The van der Waals surface area contributed by atoms with E-state index in [1.165, 1.54) is 31.4 Å². The van der Waals surface area contributed by atoms with Crippen LogP contribution in [0.25, 0.3) is 0 Å². The van der Waals surface area contributed by atoms with E-state index < -0.39 is 0 Å². The maximum absolute atomic E-state index is 10.8. The van der Waals surface area contributed by atoms with Crippen molar-refractivity contribution in [1.82, 2.24) is 4.90 Å². The van der Waals surface area contributed by atoms with E-state index in [0.29, 0.717) is 12.0 Å². The summed E-state index contributed by atoms with van der Waals surface area (Å²) in [6.45, 7) is 4.47.